The average molecular weight is 247 g/mol. The summed E-state index contributed by atoms with van der Waals surface area (Å²) in [5, 5.41) is 7.43. The Hall–Kier alpha value is -1.95. The number of hydrogen-bond donors (Lipinski definition) is 1. The van der Waals surface area contributed by atoms with E-state index in [1.165, 1.54) is 0 Å². The quantitative estimate of drug-likeness (QED) is 0.836. The highest BCUT2D eigenvalue weighted by Crippen LogP contribution is 2.18. The maximum atomic E-state index is 5.06. The average Bonchev–Trinajstić information content (AvgIpc) is 2.85. The molecular weight excluding hydrogens is 230 g/mol. The second-order valence-corrected chi connectivity index (χ2v) is 3.75. The summed E-state index contributed by atoms with van der Waals surface area (Å²) in [5.41, 5.74) is 1.82. The van der Waals surface area contributed by atoms with Gasteiger partial charge in [-0.3, -0.25) is 4.68 Å². The van der Waals surface area contributed by atoms with Crippen LogP contribution >= 0.6 is 0 Å². The van der Waals surface area contributed by atoms with Gasteiger partial charge in [-0.1, -0.05) is 0 Å². The van der Waals surface area contributed by atoms with Gasteiger partial charge < -0.3 is 10.1 Å². The molecule has 6 nitrogen and oxygen atoms in total. The highest BCUT2D eigenvalue weighted by atomic mass is 16.5. The smallest absolute Gasteiger partial charge is 0.130 e. The van der Waals surface area contributed by atoms with E-state index >= 15 is 0 Å². The van der Waals surface area contributed by atoms with Gasteiger partial charge >= 0.3 is 0 Å². The zero-order valence-corrected chi connectivity index (χ0v) is 10.6. The van der Waals surface area contributed by atoms with Crippen LogP contribution in [0, 0.1) is 0 Å². The molecule has 0 unspecified atom stereocenters. The van der Waals surface area contributed by atoms with Gasteiger partial charge in [0.25, 0.3) is 0 Å². The zero-order chi connectivity index (χ0) is 12.8. The van der Waals surface area contributed by atoms with Gasteiger partial charge in [0.15, 0.2) is 0 Å². The molecule has 0 aliphatic heterocycles. The van der Waals surface area contributed by atoms with Crippen LogP contribution in [0.25, 0.3) is 11.4 Å². The van der Waals surface area contributed by atoms with Gasteiger partial charge in [-0.2, -0.15) is 5.10 Å². The SMILES string of the molecule is CCNc1cc(-c2ccnn2CCOC)ncn1. The fraction of sp³-hybridized carbons (Fsp3) is 0.417. The van der Waals surface area contributed by atoms with Crippen molar-refractivity contribution in [3.8, 4) is 11.4 Å². The molecule has 2 aromatic rings. The minimum atomic E-state index is 0.625. The van der Waals surface area contributed by atoms with E-state index in [2.05, 4.69) is 20.4 Å². The molecule has 1 N–H and O–H groups in total. The number of nitrogens with one attached hydrogen (secondary N) is 1. The van der Waals surface area contributed by atoms with Crippen molar-refractivity contribution in [2.45, 2.75) is 13.5 Å². The molecule has 2 heterocycles. The first-order valence-corrected chi connectivity index (χ1v) is 5.92. The van der Waals surface area contributed by atoms with Crippen LogP contribution < -0.4 is 5.32 Å². The molecule has 0 spiro atoms. The summed E-state index contributed by atoms with van der Waals surface area (Å²) >= 11 is 0. The van der Waals surface area contributed by atoms with Crippen molar-refractivity contribution in [1.29, 1.82) is 0 Å². The number of methoxy groups -OCH3 is 1. The van der Waals surface area contributed by atoms with Crippen LogP contribution in [0.5, 0.6) is 0 Å². The molecule has 0 radical (unpaired) electrons. The van der Waals surface area contributed by atoms with E-state index in [0.717, 1.165) is 23.8 Å². The largest absolute Gasteiger partial charge is 0.383 e. The summed E-state index contributed by atoms with van der Waals surface area (Å²) in [7, 11) is 1.68. The van der Waals surface area contributed by atoms with Crippen LogP contribution in [-0.4, -0.2) is 40.0 Å². The molecule has 0 aliphatic carbocycles. The first-order chi connectivity index (χ1) is 8.85. The number of anilines is 1. The minimum Gasteiger partial charge on any atom is -0.383 e. The summed E-state index contributed by atoms with van der Waals surface area (Å²) < 4.78 is 6.94. The summed E-state index contributed by atoms with van der Waals surface area (Å²) in [6.07, 6.45) is 3.32. The van der Waals surface area contributed by atoms with E-state index < -0.39 is 0 Å². The number of nitrogens with zero attached hydrogens (tertiary/aromatic N) is 4. The van der Waals surface area contributed by atoms with Gasteiger partial charge in [-0.05, 0) is 13.0 Å². The monoisotopic (exact) mass is 247 g/mol. The number of ether oxygens (including phenoxy) is 1. The van der Waals surface area contributed by atoms with Gasteiger partial charge in [0, 0.05) is 25.9 Å². The van der Waals surface area contributed by atoms with Crippen LogP contribution in [0.1, 0.15) is 6.92 Å². The first kappa shape index (κ1) is 12.5. The van der Waals surface area contributed by atoms with Crippen LogP contribution in [0.3, 0.4) is 0 Å². The van der Waals surface area contributed by atoms with Gasteiger partial charge in [0.1, 0.15) is 12.1 Å². The lowest BCUT2D eigenvalue weighted by Crippen LogP contribution is -2.08. The van der Waals surface area contributed by atoms with E-state index in [1.54, 1.807) is 19.6 Å². The summed E-state index contributed by atoms with van der Waals surface area (Å²) in [5.74, 6) is 0.821. The molecule has 0 saturated heterocycles. The fourth-order valence-corrected chi connectivity index (χ4v) is 1.68. The predicted octanol–water partition coefficient (Wildman–Crippen LogP) is 1.42. The lowest BCUT2D eigenvalue weighted by atomic mass is 10.3. The van der Waals surface area contributed by atoms with Crippen molar-refractivity contribution in [3.05, 3.63) is 24.7 Å². The van der Waals surface area contributed by atoms with E-state index in [9.17, 15) is 0 Å². The lowest BCUT2D eigenvalue weighted by molar-refractivity contribution is 0.184. The second-order valence-electron chi connectivity index (χ2n) is 3.75. The third-order valence-corrected chi connectivity index (χ3v) is 2.51. The molecule has 96 valence electrons. The lowest BCUT2D eigenvalue weighted by Gasteiger charge is -2.07. The predicted molar refractivity (Wildman–Crippen MR) is 69.3 cm³/mol. The van der Waals surface area contributed by atoms with Crippen molar-refractivity contribution in [1.82, 2.24) is 19.7 Å². The van der Waals surface area contributed by atoms with Crippen LogP contribution in [-0.2, 0) is 11.3 Å². The Morgan fingerprint density at radius 1 is 1.39 bits per heavy atom. The Labute approximate surface area is 106 Å². The van der Waals surface area contributed by atoms with Crippen LogP contribution in [0.15, 0.2) is 24.7 Å². The van der Waals surface area contributed by atoms with Crippen molar-refractivity contribution in [3.63, 3.8) is 0 Å². The van der Waals surface area contributed by atoms with E-state index in [4.69, 9.17) is 4.74 Å². The van der Waals surface area contributed by atoms with E-state index in [0.29, 0.717) is 13.2 Å². The Morgan fingerprint density at radius 3 is 3.06 bits per heavy atom. The molecule has 2 aromatic heterocycles. The third-order valence-electron chi connectivity index (χ3n) is 2.51. The highest BCUT2D eigenvalue weighted by Gasteiger charge is 2.07. The normalized spacial score (nSPS) is 10.6. The second kappa shape index (κ2) is 6.11. The maximum absolute atomic E-state index is 5.06. The molecule has 2 rings (SSSR count). The zero-order valence-electron chi connectivity index (χ0n) is 10.6. The summed E-state index contributed by atoms with van der Waals surface area (Å²) in [6.45, 7) is 4.20. The minimum absolute atomic E-state index is 0.625. The Balaban J connectivity index is 2.24. The van der Waals surface area contributed by atoms with E-state index in [-0.39, 0.29) is 0 Å². The Morgan fingerprint density at radius 2 is 2.28 bits per heavy atom. The molecule has 6 heteroatoms. The number of aromatic nitrogens is 4. The van der Waals surface area contributed by atoms with Crippen molar-refractivity contribution < 1.29 is 4.74 Å². The fourth-order valence-electron chi connectivity index (χ4n) is 1.68. The standard InChI is InChI=1S/C12H17N5O/c1-3-13-12-8-10(14-9-15-12)11-4-5-16-17(11)6-7-18-2/h4-5,8-9H,3,6-7H2,1-2H3,(H,13,14,15). The molecular formula is C12H17N5O. The van der Waals surface area contributed by atoms with Gasteiger partial charge in [-0.25, -0.2) is 9.97 Å². The topological polar surface area (TPSA) is 64.9 Å². The Kier molecular flexibility index (Phi) is 4.25. The molecule has 0 bridgehead atoms. The molecule has 0 atom stereocenters. The molecule has 0 amide bonds. The molecule has 0 saturated carbocycles. The van der Waals surface area contributed by atoms with Crippen LogP contribution in [0.4, 0.5) is 5.82 Å². The number of rotatable bonds is 6. The summed E-state index contributed by atoms with van der Waals surface area (Å²) in [4.78, 5) is 8.43. The molecule has 18 heavy (non-hydrogen) atoms. The van der Waals surface area contributed by atoms with E-state index in [1.807, 2.05) is 23.7 Å². The van der Waals surface area contributed by atoms with Gasteiger partial charge in [0.2, 0.25) is 0 Å². The van der Waals surface area contributed by atoms with Gasteiger partial charge in [0.05, 0.1) is 24.5 Å². The third kappa shape index (κ3) is 2.84. The van der Waals surface area contributed by atoms with Gasteiger partial charge in [-0.15, -0.1) is 0 Å². The van der Waals surface area contributed by atoms with Crippen molar-refractivity contribution in [2.24, 2.45) is 0 Å². The Bertz CT molecular complexity index is 497. The first-order valence-electron chi connectivity index (χ1n) is 5.92. The highest BCUT2D eigenvalue weighted by molar-refractivity contribution is 5.58. The molecule has 0 fully saturated rings. The summed E-state index contributed by atoms with van der Waals surface area (Å²) in [6, 6.07) is 3.86. The van der Waals surface area contributed by atoms with Crippen molar-refractivity contribution >= 4 is 5.82 Å². The van der Waals surface area contributed by atoms with Crippen molar-refractivity contribution in [2.75, 3.05) is 25.6 Å². The molecule has 0 aromatic carbocycles. The molecule has 0 aliphatic rings. The van der Waals surface area contributed by atoms with Crippen LogP contribution in [0.2, 0.25) is 0 Å². The number of hydrogen-bond acceptors (Lipinski definition) is 5. The maximum Gasteiger partial charge on any atom is 0.130 e.